The zero-order valence-electron chi connectivity index (χ0n) is 7.88. The first-order valence-electron chi connectivity index (χ1n) is 4.37. The van der Waals surface area contributed by atoms with Gasteiger partial charge in [0.1, 0.15) is 5.82 Å². The number of anilines is 1. The van der Waals surface area contributed by atoms with Crippen LogP contribution in [0.1, 0.15) is 13.3 Å². The van der Waals surface area contributed by atoms with Gasteiger partial charge in [0, 0.05) is 12.6 Å². The summed E-state index contributed by atoms with van der Waals surface area (Å²) >= 11 is 4.97. The first kappa shape index (κ1) is 10.8. The van der Waals surface area contributed by atoms with Crippen molar-refractivity contribution in [3.63, 3.8) is 0 Å². The van der Waals surface area contributed by atoms with E-state index in [0.717, 1.165) is 19.2 Å². The lowest BCUT2D eigenvalue weighted by Crippen LogP contribution is -2.28. The van der Waals surface area contributed by atoms with Crippen molar-refractivity contribution in [2.45, 2.75) is 13.3 Å². The number of hydrogen-bond donors (Lipinski definition) is 2. The maximum absolute atomic E-state index is 12.7. The standard InChI is InChI=1S/C9H12FN3S/c1-2-3-12-9(14)13-8-4-7(10)5-11-6-8/h4-6H,2-3H2,1H3,(H2,12,13,14). The highest BCUT2D eigenvalue weighted by atomic mass is 32.1. The summed E-state index contributed by atoms with van der Waals surface area (Å²) in [5, 5.41) is 6.29. The molecule has 14 heavy (non-hydrogen) atoms. The van der Waals surface area contributed by atoms with Crippen LogP contribution >= 0.6 is 12.2 Å². The Hall–Kier alpha value is -1.23. The Morgan fingerprint density at radius 2 is 2.36 bits per heavy atom. The average Bonchev–Trinajstić information content (AvgIpc) is 2.15. The van der Waals surface area contributed by atoms with Gasteiger partial charge < -0.3 is 10.6 Å². The molecule has 76 valence electrons. The van der Waals surface area contributed by atoms with Crippen LogP contribution in [-0.2, 0) is 0 Å². The molecule has 2 N–H and O–H groups in total. The Bertz CT molecular complexity index is 317. The summed E-state index contributed by atoms with van der Waals surface area (Å²) in [6.07, 6.45) is 3.65. The van der Waals surface area contributed by atoms with Crippen molar-refractivity contribution < 1.29 is 4.39 Å². The second-order valence-electron chi connectivity index (χ2n) is 2.77. The molecule has 0 spiro atoms. The number of nitrogens with one attached hydrogen (secondary N) is 2. The first-order valence-corrected chi connectivity index (χ1v) is 4.78. The Morgan fingerprint density at radius 1 is 1.57 bits per heavy atom. The van der Waals surface area contributed by atoms with Gasteiger partial charge in [-0.1, -0.05) is 6.92 Å². The molecule has 5 heteroatoms. The maximum atomic E-state index is 12.7. The van der Waals surface area contributed by atoms with Crippen molar-refractivity contribution in [1.82, 2.24) is 10.3 Å². The minimum absolute atomic E-state index is 0.381. The van der Waals surface area contributed by atoms with E-state index in [1.54, 1.807) is 0 Å². The molecular formula is C9H12FN3S. The van der Waals surface area contributed by atoms with Crippen LogP contribution in [-0.4, -0.2) is 16.6 Å². The lowest BCUT2D eigenvalue weighted by atomic mass is 10.4. The van der Waals surface area contributed by atoms with Crippen molar-refractivity contribution in [3.05, 3.63) is 24.3 Å². The fraction of sp³-hybridized carbons (Fsp3) is 0.333. The lowest BCUT2D eigenvalue weighted by Gasteiger charge is -2.08. The van der Waals surface area contributed by atoms with Crippen molar-refractivity contribution >= 4 is 23.0 Å². The summed E-state index contributed by atoms with van der Waals surface area (Å²) in [6, 6.07) is 1.34. The molecule has 0 saturated heterocycles. The van der Waals surface area contributed by atoms with Crippen LogP contribution in [0.15, 0.2) is 18.5 Å². The van der Waals surface area contributed by atoms with Gasteiger partial charge in [0.15, 0.2) is 5.11 Å². The zero-order valence-corrected chi connectivity index (χ0v) is 8.70. The molecule has 1 rings (SSSR count). The van der Waals surface area contributed by atoms with E-state index < -0.39 is 0 Å². The van der Waals surface area contributed by atoms with E-state index >= 15 is 0 Å². The van der Waals surface area contributed by atoms with Crippen LogP contribution < -0.4 is 10.6 Å². The summed E-state index contributed by atoms with van der Waals surface area (Å²) in [6.45, 7) is 2.84. The SMILES string of the molecule is CCCNC(=S)Nc1cncc(F)c1. The third-order valence-corrected chi connectivity index (χ3v) is 1.74. The van der Waals surface area contributed by atoms with Gasteiger partial charge >= 0.3 is 0 Å². The monoisotopic (exact) mass is 213 g/mol. The number of pyridine rings is 1. The van der Waals surface area contributed by atoms with Crippen LogP contribution in [0.3, 0.4) is 0 Å². The van der Waals surface area contributed by atoms with Crippen molar-refractivity contribution in [3.8, 4) is 0 Å². The van der Waals surface area contributed by atoms with E-state index in [1.807, 2.05) is 6.92 Å². The van der Waals surface area contributed by atoms with Crippen LogP contribution in [0.2, 0.25) is 0 Å². The molecule has 0 aliphatic carbocycles. The largest absolute Gasteiger partial charge is 0.362 e. The van der Waals surface area contributed by atoms with E-state index in [2.05, 4.69) is 15.6 Å². The highest BCUT2D eigenvalue weighted by Gasteiger charge is 1.97. The minimum Gasteiger partial charge on any atom is -0.362 e. The molecule has 3 nitrogen and oxygen atoms in total. The van der Waals surface area contributed by atoms with Gasteiger partial charge in [-0.25, -0.2) is 4.39 Å². The normalized spacial score (nSPS) is 9.57. The molecule has 0 aliphatic rings. The number of hydrogen-bond acceptors (Lipinski definition) is 2. The second kappa shape index (κ2) is 5.49. The molecular weight excluding hydrogens is 201 g/mol. The number of rotatable bonds is 3. The maximum Gasteiger partial charge on any atom is 0.170 e. The van der Waals surface area contributed by atoms with E-state index in [0.29, 0.717) is 10.8 Å². The van der Waals surface area contributed by atoms with Gasteiger partial charge in [-0.2, -0.15) is 0 Å². The zero-order chi connectivity index (χ0) is 10.4. The van der Waals surface area contributed by atoms with E-state index in [-0.39, 0.29) is 5.82 Å². The minimum atomic E-state index is -0.381. The third-order valence-electron chi connectivity index (χ3n) is 1.50. The summed E-state index contributed by atoms with van der Waals surface area (Å²) in [4.78, 5) is 3.69. The molecule has 0 radical (unpaired) electrons. The highest BCUT2D eigenvalue weighted by Crippen LogP contribution is 2.05. The highest BCUT2D eigenvalue weighted by molar-refractivity contribution is 7.80. The van der Waals surface area contributed by atoms with Gasteiger partial charge in [0.2, 0.25) is 0 Å². The molecule has 0 unspecified atom stereocenters. The van der Waals surface area contributed by atoms with Gasteiger partial charge in [-0.15, -0.1) is 0 Å². The summed E-state index contributed by atoms with van der Waals surface area (Å²) in [5.41, 5.74) is 0.554. The lowest BCUT2D eigenvalue weighted by molar-refractivity contribution is 0.622. The Kier molecular flexibility index (Phi) is 4.25. The summed E-state index contributed by atoms with van der Waals surface area (Å²) in [7, 11) is 0. The third kappa shape index (κ3) is 3.66. The van der Waals surface area contributed by atoms with Crippen LogP contribution in [0.4, 0.5) is 10.1 Å². The molecule has 0 saturated carbocycles. The van der Waals surface area contributed by atoms with E-state index in [9.17, 15) is 4.39 Å². The molecule has 0 aliphatic heterocycles. The fourth-order valence-corrected chi connectivity index (χ4v) is 1.11. The van der Waals surface area contributed by atoms with Crippen molar-refractivity contribution in [2.24, 2.45) is 0 Å². The Labute approximate surface area is 87.7 Å². The van der Waals surface area contributed by atoms with E-state index in [1.165, 1.54) is 12.3 Å². The Morgan fingerprint density at radius 3 is 3.00 bits per heavy atom. The quantitative estimate of drug-likeness (QED) is 0.752. The predicted molar refractivity (Wildman–Crippen MR) is 58.7 cm³/mol. The number of thiocarbonyl (C=S) groups is 1. The number of halogens is 1. The topological polar surface area (TPSA) is 37.0 Å². The first-order chi connectivity index (χ1) is 6.72. The second-order valence-corrected chi connectivity index (χ2v) is 3.18. The van der Waals surface area contributed by atoms with Gasteiger partial charge in [-0.05, 0) is 18.6 Å². The predicted octanol–water partition coefficient (Wildman–Crippen LogP) is 1.92. The van der Waals surface area contributed by atoms with E-state index in [4.69, 9.17) is 12.2 Å². The Balaban J connectivity index is 2.47. The number of nitrogens with zero attached hydrogens (tertiary/aromatic N) is 1. The van der Waals surface area contributed by atoms with Crippen LogP contribution in [0.25, 0.3) is 0 Å². The molecule has 0 atom stereocenters. The molecule has 0 aromatic carbocycles. The van der Waals surface area contributed by atoms with Crippen LogP contribution in [0, 0.1) is 5.82 Å². The van der Waals surface area contributed by atoms with Crippen molar-refractivity contribution in [1.29, 1.82) is 0 Å². The van der Waals surface area contributed by atoms with Gasteiger partial charge in [0.05, 0.1) is 18.1 Å². The molecule has 0 fully saturated rings. The summed E-state index contributed by atoms with van der Waals surface area (Å²) < 4.78 is 12.7. The van der Waals surface area contributed by atoms with Gasteiger partial charge in [-0.3, -0.25) is 4.98 Å². The summed E-state index contributed by atoms with van der Waals surface area (Å²) in [5.74, 6) is -0.381. The molecule has 1 heterocycles. The van der Waals surface area contributed by atoms with Crippen molar-refractivity contribution in [2.75, 3.05) is 11.9 Å². The molecule has 0 bridgehead atoms. The molecule has 1 aromatic heterocycles. The average molecular weight is 213 g/mol. The molecule has 1 aromatic rings. The fourth-order valence-electron chi connectivity index (χ4n) is 0.894. The molecule has 0 amide bonds. The van der Waals surface area contributed by atoms with Gasteiger partial charge in [0.25, 0.3) is 0 Å². The smallest absolute Gasteiger partial charge is 0.170 e. The van der Waals surface area contributed by atoms with Crippen LogP contribution in [0.5, 0.6) is 0 Å². The number of aromatic nitrogens is 1.